The summed E-state index contributed by atoms with van der Waals surface area (Å²) < 4.78 is 5.36. The summed E-state index contributed by atoms with van der Waals surface area (Å²) >= 11 is 0. The molecule has 1 aliphatic heterocycles. The molecular formula is C11H18N4O. The first-order valence-corrected chi connectivity index (χ1v) is 5.74. The highest BCUT2D eigenvalue weighted by Gasteiger charge is 2.12. The van der Waals surface area contributed by atoms with Crippen LogP contribution < -0.4 is 10.6 Å². The van der Waals surface area contributed by atoms with Crippen molar-refractivity contribution in [1.29, 1.82) is 0 Å². The second-order valence-electron chi connectivity index (χ2n) is 3.88. The number of nitrogens with zero attached hydrogens (tertiary/aromatic N) is 2. The summed E-state index contributed by atoms with van der Waals surface area (Å²) in [5.41, 5.74) is 1.16. The van der Waals surface area contributed by atoms with E-state index in [1.807, 2.05) is 12.4 Å². The Morgan fingerprint density at radius 2 is 2.31 bits per heavy atom. The van der Waals surface area contributed by atoms with Crippen LogP contribution in [0.2, 0.25) is 0 Å². The zero-order chi connectivity index (χ0) is 11.2. The summed E-state index contributed by atoms with van der Waals surface area (Å²) in [5.74, 6) is 0.685. The zero-order valence-electron chi connectivity index (χ0n) is 9.57. The lowest BCUT2D eigenvalue weighted by atomic mass is 10.3. The average Bonchev–Trinajstić information content (AvgIpc) is 2.38. The van der Waals surface area contributed by atoms with Crippen molar-refractivity contribution in [2.24, 2.45) is 0 Å². The number of anilines is 1. The van der Waals surface area contributed by atoms with Crippen LogP contribution in [-0.2, 0) is 11.2 Å². The first-order chi connectivity index (χ1) is 7.88. The number of rotatable bonds is 4. The van der Waals surface area contributed by atoms with E-state index in [1.165, 1.54) is 0 Å². The number of aromatic nitrogens is 2. The summed E-state index contributed by atoms with van der Waals surface area (Å²) in [5, 5.41) is 6.57. The first kappa shape index (κ1) is 11.3. The van der Waals surface area contributed by atoms with Crippen molar-refractivity contribution >= 4 is 5.95 Å². The maximum atomic E-state index is 5.36. The molecule has 5 nitrogen and oxygen atoms in total. The van der Waals surface area contributed by atoms with Gasteiger partial charge in [-0.25, -0.2) is 9.97 Å². The average molecular weight is 222 g/mol. The Bertz CT molecular complexity index is 308. The van der Waals surface area contributed by atoms with Gasteiger partial charge in [0.25, 0.3) is 0 Å². The van der Waals surface area contributed by atoms with Crippen LogP contribution in [0.3, 0.4) is 0 Å². The number of nitrogens with one attached hydrogen (secondary N) is 2. The third kappa shape index (κ3) is 3.15. The molecule has 1 unspecified atom stereocenters. The van der Waals surface area contributed by atoms with Crippen molar-refractivity contribution < 1.29 is 4.74 Å². The number of hydrogen-bond acceptors (Lipinski definition) is 5. The third-order valence-electron chi connectivity index (χ3n) is 2.62. The molecule has 1 fully saturated rings. The van der Waals surface area contributed by atoms with Gasteiger partial charge in [0.2, 0.25) is 5.95 Å². The fourth-order valence-corrected chi connectivity index (χ4v) is 1.59. The molecule has 0 aliphatic carbocycles. The summed E-state index contributed by atoms with van der Waals surface area (Å²) in [4.78, 5) is 8.49. The summed E-state index contributed by atoms with van der Waals surface area (Å²) in [6, 6.07) is 0.350. The van der Waals surface area contributed by atoms with Crippen molar-refractivity contribution in [3.05, 3.63) is 18.0 Å². The minimum atomic E-state index is 0.350. The highest BCUT2D eigenvalue weighted by Crippen LogP contribution is 2.01. The molecule has 5 heteroatoms. The molecule has 16 heavy (non-hydrogen) atoms. The van der Waals surface area contributed by atoms with Gasteiger partial charge >= 0.3 is 0 Å². The number of ether oxygens (including phenoxy) is 1. The maximum absolute atomic E-state index is 5.36. The maximum Gasteiger partial charge on any atom is 0.222 e. The van der Waals surface area contributed by atoms with Gasteiger partial charge in [-0.15, -0.1) is 0 Å². The number of morpholine rings is 1. The van der Waals surface area contributed by atoms with Gasteiger partial charge < -0.3 is 15.4 Å². The third-order valence-corrected chi connectivity index (χ3v) is 2.62. The van der Waals surface area contributed by atoms with Gasteiger partial charge in [-0.1, -0.05) is 6.92 Å². The van der Waals surface area contributed by atoms with E-state index in [0.717, 1.165) is 38.3 Å². The Hall–Kier alpha value is -1.20. The lowest BCUT2D eigenvalue weighted by Gasteiger charge is -2.23. The molecule has 2 rings (SSSR count). The highest BCUT2D eigenvalue weighted by molar-refractivity contribution is 5.25. The molecule has 1 saturated heterocycles. The van der Waals surface area contributed by atoms with Crippen LogP contribution >= 0.6 is 0 Å². The van der Waals surface area contributed by atoms with Crippen molar-refractivity contribution in [3.8, 4) is 0 Å². The highest BCUT2D eigenvalue weighted by atomic mass is 16.5. The molecule has 0 amide bonds. The Morgan fingerprint density at radius 1 is 1.50 bits per heavy atom. The molecule has 1 atom stereocenters. The second-order valence-corrected chi connectivity index (χ2v) is 3.88. The zero-order valence-corrected chi connectivity index (χ0v) is 9.57. The van der Waals surface area contributed by atoms with Gasteiger partial charge in [-0.05, 0) is 12.0 Å². The largest absolute Gasteiger partial charge is 0.378 e. The van der Waals surface area contributed by atoms with E-state index in [-0.39, 0.29) is 0 Å². The van der Waals surface area contributed by atoms with Gasteiger partial charge in [-0.2, -0.15) is 0 Å². The quantitative estimate of drug-likeness (QED) is 0.774. The van der Waals surface area contributed by atoms with Gasteiger partial charge in [0.1, 0.15) is 0 Å². The molecule has 1 aromatic heterocycles. The lowest BCUT2D eigenvalue weighted by Crippen LogP contribution is -2.45. The normalized spacial score (nSPS) is 20.7. The van der Waals surface area contributed by atoms with Crippen molar-refractivity contribution in [1.82, 2.24) is 15.3 Å². The van der Waals surface area contributed by atoms with Crippen molar-refractivity contribution in [2.45, 2.75) is 19.4 Å². The number of hydrogen-bond donors (Lipinski definition) is 2. The van der Waals surface area contributed by atoms with Crippen LogP contribution in [0.1, 0.15) is 12.5 Å². The SMILES string of the molecule is CCc1cnc(NCC2COCCN2)nc1. The van der Waals surface area contributed by atoms with Crippen LogP contribution in [0.25, 0.3) is 0 Å². The Balaban J connectivity index is 1.79. The molecular weight excluding hydrogens is 204 g/mol. The van der Waals surface area contributed by atoms with E-state index in [1.54, 1.807) is 0 Å². The minimum Gasteiger partial charge on any atom is -0.378 e. The van der Waals surface area contributed by atoms with Crippen molar-refractivity contribution in [3.63, 3.8) is 0 Å². The summed E-state index contributed by atoms with van der Waals surface area (Å²) in [7, 11) is 0. The standard InChI is InChI=1S/C11H18N4O/c1-2-9-5-13-11(14-6-9)15-7-10-8-16-4-3-12-10/h5-6,10,12H,2-4,7-8H2,1H3,(H,13,14,15). The van der Waals surface area contributed by atoms with Gasteiger partial charge in [0.05, 0.1) is 13.2 Å². The number of aryl methyl sites for hydroxylation is 1. The molecule has 0 saturated carbocycles. The predicted octanol–water partition coefficient (Wildman–Crippen LogP) is 0.439. The van der Waals surface area contributed by atoms with Gasteiger partial charge in [-0.3, -0.25) is 0 Å². The van der Waals surface area contributed by atoms with Crippen molar-refractivity contribution in [2.75, 3.05) is 31.6 Å². The molecule has 2 N–H and O–H groups in total. The lowest BCUT2D eigenvalue weighted by molar-refractivity contribution is 0.0806. The van der Waals surface area contributed by atoms with E-state index >= 15 is 0 Å². The predicted molar refractivity (Wildman–Crippen MR) is 62.5 cm³/mol. The minimum absolute atomic E-state index is 0.350. The van der Waals surface area contributed by atoms with Crippen LogP contribution in [0.15, 0.2) is 12.4 Å². The smallest absolute Gasteiger partial charge is 0.222 e. The molecule has 1 aliphatic rings. The van der Waals surface area contributed by atoms with Crippen LogP contribution in [0.5, 0.6) is 0 Å². The Labute approximate surface area is 95.6 Å². The van der Waals surface area contributed by atoms with Crippen LogP contribution in [0, 0.1) is 0 Å². The Morgan fingerprint density at radius 3 is 2.94 bits per heavy atom. The fraction of sp³-hybridized carbons (Fsp3) is 0.636. The molecule has 88 valence electrons. The van der Waals surface area contributed by atoms with Crippen LogP contribution in [-0.4, -0.2) is 42.3 Å². The molecule has 1 aromatic rings. The molecule has 0 spiro atoms. The molecule has 2 heterocycles. The fourth-order valence-electron chi connectivity index (χ4n) is 1.59. The monoisotopic (exact) mass is 222 g/mol. The Kier molecular flexibility index (Phi) is 4.07. The van der Waals surface area contributed by atoms with Gasteiger partial charge in [0.15, 0.2) is 0 Å². The summed E-state index contributed by atoms with van der Waals surface area (Å²) in [6.45, 7) is 5.36. The molecule has 0 radical (unpaired) electrons. The first-order valence-electron chi connectivity index (χ1n) is 5.74. The van der Waals surface area contributed by atoms with Crippen LogP contribution in [0.4, 0.5) is 5.95 Å². The summed E-state index contributed by atoms with van der Waals surface area (Å²) in [6.07, 6.45) is 4.69. The van der Waals surface area contributed by atoms with E-state index in [9.17, 15) is 0 Å². The van der Waals surface area contributed by atoms with E-state index in [0.29, 0.717) is 12.0 Å². The van der Waals surface area contributed by atoms with E-state index in [4.69, 9.17) is 4.74 Å². The van der Waals surface area contributed by atoms with E-state index < -0.39 is 0 Å². The molecule has 0 bridgehead atoms. The van der Waals surface area contributed by atoms with E-state index in [2.05, 4.69) is 27.5 Å². The molecule has 0 aromatic carbocycles. The second kappa shape index (κ2) is 5.77. The van der Waals surface area contributed by atoms with Gasteiger partial charge in [0, 0.05) is 31.5 Å². The topological polar surface area (TPSA) is 59.1 Å².